The third-order valence-corrected chi connectivity index (χ3v) is 1.96. The Morgan fingerprint density at radius 3 is 3.00 bits per heavy atom. The van der Waals surface area contributed by atoms with Crippen molar-refractivity contribution in [1.82, 2.24) is 0 Å². The Bertz CT molecular complexity index is 172. The van der Waals surface area contributed by atoms with Gasteiger partial charge in [-0.2, -0.15) is 0 Å². The summed E-state index contributed by atoms with van der Waals surface area (Å²) in [5.74, 6) is 0. The van der Waals surface area contributed by atoms with Crippen molar-refractivity contribution in [3.8, 4) is 0 Å². The van der Waals surface area contributed by atoms with E-state index in [-0.39, 0.29) is 0 Å². The first-order valence-corrected chi connectivity index (χ1v) is 4.40. The van der Waals surface area contributed by atoms with E-state index in [1.807, 2.05) is 6.08 Å². The molecule has 0 unspecified atom stereocenters. The highest BCUT2D eigenvalue weighted by Crippen LogP contribution is 2.18. The van der Waals surface area contributed by atoms with E-state index in [9.17, 15) is 0 Å². The van der Waals surface area contributed by atoms with E-state index in [4.69, 9.17) is 0 Å². The molecule has 0 atom stereocenters. The number of rotatable bonds is 3. The molecule has 1 rings (SSSR count). The summed E-state index contributed by atoms with van der Waals surface area (Å²) < 4.78 is 0. The minimum atomic E-state index is 0.997. The maximum atomic E-state index is 3.67. The van der Waals surface area contributed by atoms with E-state index in [1.165, 1.54) is 31.3 Å². The molecule has 11 heavy (non-hydrogen) atoms. The fourth-order valence-corrected chi connectivity index (χ4v) is 1.33. The standard InChI is InChI=1S/C11H16/c1-2-3-5-8-11-9-6-4-7-10-11/h2,5,8-9H,1,3-4,6-7,10H2. The predicted octanol–water partition coefficient (Wildman–Crippen LogP) is 3.62. The molecule has 0 aromatic heterocycles. The smallest absolute Gasteiger partial charge is 0.0169 e. The first-order valence-electron chi connectivity index (χ1n) is 4.40. The van der Waals surface area contributed by atoms with Gasteiger partial charge in [0.05, 0.1) is 0 Å². The van der Waals surface area contributed by atoms with Gasteiger partial charge in [0.15, 0.2) is 0 Å². The average Bonchev–Trinajstić information content (AvgIpc) is 2.07. The first-order chi connectivity index (χ1) is 5.43. The lowest BCUT2D eigenvalue weighted by Gasteiger charge is -2.07. The Morgan fingerprint density at radius 2 is 2.36 bits per heavy atom. The molecular formula is C11H16. The Labute approximate surface area is 69.3 Å². The Balaban J connectivity index is 2.34. The molecule has 0 aromatic rings. The minimum absolute atomic E-state index is 0.997. The van der Waals surface area contributed by atoms with Crippen molar-refractivity contribution in [3.63, 3.8) is 0 Å². The van der Waals surface area contributed by atoms with Crippen molar-refractivity contribution in [2.45, 2.75) is 32.1 Å². The Morgan fingerprint density at radius 1 is 1.45 bits per heavy atom. The first kappa shape index (κ1) is 8.32. The zero-order chi connectivity index (χ0) is 7.94. The van der Waals surface area contributed by atoms with Crippen LogP contribution in [0.1, 0.15) is 32.1 Å². The molecule has 0 amide bonds. The lowest BCUT2D eigenvalue weighted by molar-refractivity contribution is 0.712. The largest absolute Gasteiger partial charge is 0.103 e. The summed E-state index contributed by atoms with van der Waals surface area (Å²) in [6.07, 6.45) is 15.0. The molecule has 0 aromatic carbocycles. The van der Waals surface area contributed by atoms with Gasteiger partial charge in [-0.3, -0.25) is 0 Å². The fourth-order valence-electron chi connectivity index (χ4n) is 1.33. The molecule has 0 spiro atoms. The molecule has 0 bridgehead atoms. The molecule has 0 aliphatic heterocycles. The zero-order valence-electron chi connectivity index (χ0n) is 7.05. The van der Waals surface area contributed by atoms with Gasteiger partial charge in [-0.05, 0) is 32.1 Å². The van der Waals surface area contributed by atoms with E-state index in [0.29, 0.717) is 0 Å². The van der Waals surface area contributed by atoms with Crippen LogP contribution in [0, 0.1) is 0 Å². The summed E-state index contributed by atoms with van der Waals surface area (Å²) in [6.45, 7) is 3.67. The van der Waals surface area contributed by atoms with Crippen LogP contribution in [-0.2, 0) is 0 Å². The third-order valence-electron chi connectivity index (χ3n) is 1.96. The highest BCUT2D eigenvalue weighted by molar-refractivity contribution is 5.20. The van der Waals surface area contributed by atoms with E-state index in [0.717, 1.165) is 6.42 Å². The normalized spacial score (nSPS) is 18.4. The van der Waals surface area contributed by atoms with Gasteiger partial charge < -0.3 is 0 Å². The lowest BCUT2D eigenvalue weighted by Crippen LogP contribution is -1.87. The Kier molecular flexibility index (Phi) is 3.74. The second-order valence-electron chi connectivity index (χ2n) is 2.95. The molecule has 1 aliphatic rings. The number of allylic oxidation sites excluding steroid dienone is 5. The average molecular weight is 148 g/mol. The zero-order valence-corrected chi connectivity index (χ0v) is 7.05. The topological polar surface area (TPSA) is 0 Å². The summed E-state index contributed by atoms with van der Waals surface area (Å²) in [5, 5.41) is 0. The van der Waals surface area contributed by atoms with E-state index in [1.54, 1.807) is 0 Å². The maximum Gasteiger partial charge on any atom is -0.0169 e. The molecule has 0 fully saturated rings. The van der Waals surface area contributed by atoms with Crippen LogP contribution >= 0.6 is 0 Å². The molecular weight excluding hydrogens is 132 g/mol. The van der Waals surface area contributed by atoms with Crippen molar-refractivity contribution in [2.24, 2.45) is 0 Å². The summed E-state index contributed by atoms with van der Waals surface area (Å²) >= 11 is 0. The molecule has 0 radical (unpaired) electrons. The van der Waals surface area contributed by atoms with E-state index in [2.05, 4.69) is 24.8 Å². The summed E-state index contributed by atoms with van der Waals surface area (Å²) in [7, 11) is 0. The molecule has 60 valence electrons. The number of hydrogen-bond acceptors (Lipinski definition) is 0. The van der Waals surface area contributed by atoms with Crippen molar-refractivity contribution in [2.75, 3.05) is 0 Å². The second-order valence-corrected chi connectivity index (χ2v) is 2.95. The van der Waals surface area contributed by atoms with E-state index < -0.39 is 0 Å². The predicted molar refractivity (Wildman–Crippen MR) is 50.5 cm³/mol. The van der Waals surface area contributed by atoms with Gasteiger partial charge in [0, 0.05) is 0 Å². The van der Waals surface area contributed by atoms with Gasteiger partial charge in [0.2, 0.25) is 0 Å². The summed E-state index contributed by atoms with van der Waals surface area (Å²) in [4.78, 5) is 0. The highest BCUT2D eigenvalue weighted by atomic mass is 14.0. The molecule has 0 nitrogen and oxygen atoms in total. The van der Waals surface area contributed by atoms with Gasteiger partial charge in [0.1, 0.15) is 0 Å². The quantitative estimate of drug-likeness (QED) is 0.536. The summed E-state index contributed by atoms with van der Waals surface area (Å²) in [6, 6.07) is 0. The van der Waals surface area contributed by atoms with Crippen molar-refractivity contribution >= 4 is 0 Å². The molecule has 0 heteroatoms. The van der Waals surface area contributed by atoms with Crippen LogP contribution in [0.5, 0.6) is 0 Å². The van der Waals surface area contributed by atoms with Crippen molar-refractivity contribution in [1.29, 1.82) is 0 Å². The van der Waals surface area contributed by atoms with Gasteiger partial charge in [-0.15, -0.1) is 6.58 Å². The maximum absolute atomic E-state index is 3.67. The van der Waals surface area contributed by atoms with Crippen molar-refractivity contribution < 1.29 is 0 Å². The molecule has 0 N–H and O–H groups in total. The van der Waals surface area contributed by atoms with Gasteiger partial charge in [0.25, 0.3) is 0 Å². The van der Waals surface area contributed by atoms with Gasteiger partial charge >= 0.3 is 0 Å². The summed E-state index contributed by atoms with van der Waals surface area (Å²) in [5.41, 5.74) is 1.51. The van der Waals surface area contributed by atoms with Crippen LogP contribution in [0.2, 0.25) is 0 Å². The van der Waals surface area contributed by atoms with Gasteiger partial charge in [-0.25, -0.2) is 0 Å². The second kappa shape index (κ2) is 4.95. The minimum Gasteiger partial charge on any atom is -0.103 e. The van der Waals surface area contributed by atoms with Crippen LogP contribution in [0.15, 0.2) is 36.5 Å². The molecule has 1 aliphatic carbocycles. The number of hydrogen-bond donors (Lipinski definition) is 0. The highest BCUT2D eigenvalue weighted by Gasteiger charge is 1.98. The molecule has 0 saturated heterocycles. The molecule has 0 heterocycles. The Hall–Kier alpha value is -0.780. The van der Waals surface area contributed by atoms with E-state index >= 15 is 0 Å². The lowest BCUT2D eigenvalue weighted by atomic mass is 9.99. The monoisotopic (exact) mass is 148 g/mol. The fraction of sp³-hybridized carbons (Fsp3) is 0.455. The van der Waals surface area contributed by atoms with Crippen LogP contribution < -0.4 is 0 Å². The van der Waals surface area contributed by atoms with Crippen molar-refractivity contribution in [3.05, 3.63) is 36.5 Å². The van der Waals surface area contributed by atoms with Crippen LogP contribution in [0.3, 0.4) is 0 Å². The van der Waals surface area contributed by atoms with Gasteiger partial charge in [-0.1, -0.05) is 29.9 Å². The SMILES string of the molecule is C=CCC=CC1=CCCCC1. The van der Waals surface area contributed by atoms with Crippen LogP contribution in [0.25, 0.3) is 0 Å². The van der Waals surface area contributed by atoms with Crippen LogP contribution in [0.4, 0.5) is 0 Å². The van der Waals surface area contributed by atoms with Crippen LogP contribution in [-0.4, -0.2) is 0 Å². The third kappa shape index (κ3) is 3.22. The molecule has 0 saturated carbocycles.